The van der Waals surface area contributed by atoms with Gasteiger partial charge in [0.25, 0.3) is 0 Å². The molecule has 0 aromatic carbocycles. The number of hydrogen-bond donors (Lipinski definition) is 1. The smallest absolute Gasteiger partial charge is 0.320 e. The molecule has 1 amide bonds. The van der Waals surface area contributed by atoms with Crippen LogP contribution in [0, 0.1) is 5.92 Å². The van der Waals surface area contributed by atoms with Gasteiger partial charge in [-0.3, -0.25) is 14.5 Å². The molecule has 1 aliphatic carbocycles. The number of hydrogen-bond acceptors (Lipinski definition) is 3. The van der Waals surface area contributed by atoms with Crippen LogP contribution in [0.4, 0.5) is 0 Å². The van der Waals surface area contributed by atoms with Crippen molar-refractivity contribution in [3.8, 4) is 0 Å². The Bertz CT molecular complexity index is 373. The first-order valence-corrected chi connectivity index (χ1v) is 6.99. The van der Waals surface area contributed by atoms with Crippen molar-refractivity contribution in [2.24, 2.45) is 5.92 Å². The van der Waals surface area contributed by atoms with E-state index < -0.39 is 12.0 Å². The molecule has 2 rings (SSSR count). The molecule has 1 aliphatic heterocycles. The summed E-state index contributed by atoms with van der Waals surface area (Å²) in [4.78, 5) is 26.8. The molecule has 0 aromatic heterocycles. The normalized spacial score (nSPS) is 25.5. The number of carboxylic acids is 1. The Morgan fingerprint density at radius 2 is 2.00 bits per heavy atom. The fourth-order valence-electron chi connectivity index (χ4n) is 2.73. The highest BCUT2D eigenvalue weighted by Gasteiger charge is 2.27. The van der Waals surface area contributed by atoms with Gasteiger partial charge >= 0.3 is 5.97 Å². The van der Waals surface area contributed by atoms with Crippen LogP contribution in [0.3, 0.4) is 0 Å². The van der Waals surface area contributed by atoms with Crippen LogP contribution >= 0.6 is 0 Å². The van der Waals surface area contributed by atoms with Crippen molar-refractivity contribution < 1.29 is 14.7 Å². The largest absolute Gasteiger partial charge is 0.480 e. The Balaban J connectivity index is 1.77. The lowest BCUT2D eigenvalue weighted by Gasteiger charge is -2.36. The van der Waals surface area contributed by atoms with E-state index in [-0.39, 0.29) is 5.91 Å². The first kappa shape index (κ1) is 14.1. The average molecular weight is 266 g/mol. The lowest BCUT2D eigenvalue weighted by Crippen LogP contribution is -2.53. The minimum Gasteiger partial charge on any atom is -0.480 e. The number of carbonyl (C=O) groups is 2. The molecule has 2 atom stereocenters. The predicted octanol–water partition coefficient (Wildman–Crippen LogP) is 0.960. The number of aliphatic carboxylic acids is 1. The molecule has 106 valence electrons. The van der Waals surface area contributed by atoms with Crippen molar-refractivity contribution >= 4 is 11.9 Å². The Kier molecular flexibility index (Phi) is 4.58. The summed E-state index contributed by atoms with van der Waals surface area (Å²) in [6, 6.07) is -0.463. The molecule has 0 bridgehead atoms. The molecule has 0 aromatic rings. The number of amides is 1. The monoisotopic (exact) mass is 266 g/mol. The van der Waals surface area contributed by atoms with E-state index in [1.54, 1.807) is 6.92 Å². The van der Waals surface area contributed by atoms with Gasteiger partial charge in [0.05, 0.1) is 0 Å². The second-order valence-corrected chi connectivity index (χ2v) is 5.40. The molecule has 2 aliphatic rings. The minimum absolute atomic E-state index is 0.208. The van der Waals surface area contributed by atoms with Crippen molar-refractivity contribution in [3.63, 3.8) is 0 Å². The van der Waals surface area contributed by atoms with Crippen LogP contribution in [0.15, 0.2) is 12.2 Å². The summed E-state index contributed by atoms with van der Waals surface area (Å²) in [5, 5.41) is 8.97. The van der Waals surface area contributed by atoms with Gasteiger partial charge in [0, 0.05) is 32.6 Å². The molecular weight excluding hydrogens is 244 g/mol. The lowest BCUT2D eigenvalue weighted by molar-refractivity contribution is -0.144. The van der Waals surface area contributed by atoms with Crippen molar-refractivity contribution in [1.82, 2.24) is 9.80 Å². The third-order valence-corrected chi connectivity index (χ3v) is 4.12. The Hall–Kier alpha value is -1.36. The molecule has 2 unspecified atom stereocenters. The van der Waals surface area contributed by atoms with Crippen LogP contribution in [0.5, 0.6) is 0 Å². The Labute approximate surface area is 113 Å². The maximum atomic E-state index is 12.1. The topological polar surface area (TPSA) is 60.9 Å². The van der Waals surface area contributed by atoms with E-state index in [0.717, 1.165) is 12.8 Å². The van der Waals surface area contributed by atoms with Gasteiger partial charge in [-0.15, -0.1) is 0 Å². The van der Waals surface area contributed by atoms with Crippen LogP contribution < -0.4 is 0 Å². The summed E-state index contributed by atoms with van der Waals surface area (Å²) >= 11 is 0. The van der Waals surface area contributed by atoms with Gasteiger partial charge in [-0.1, -0.05) is 12.2 Å². The summed E-state index contributed by atoms with van der Waals surface area (Å²) in [7, 11) is 0. The van der Waals surface area contributed by atoms with Gasteiger partial charge in [0.15, 0.2) is 0 Å². The highest BCUT2D eigenvalue weighted by atomic mass is 16.4. The van der Waals surface area contributed by atoms with Crippen LogP contribution in [0.1, 0.15) is 26.2 Å². The van der Waals surface area contributed by atoms with Gasteiger partial charge in [0.2, 0.25) is 5.91 Å². The summed E-state index contributed by atoms with van der Waals surface area (Å²) in [5.41, 5.74) is 0. The van der Waals surface area contributed by atoms with Gasteiger partial charge in [-0.05, 0) is 25.7 Å². The third-order valence-electron chi connectivity index (χ3n) is 4.12. The second kappa shape index (κ2) is 6.19. The lowest BCUT2D eigenvalue weighted by atomic mass is 10.0. The van der Waals surface area contributed by atoms with Gasteiger partial charge in [-0.2, -0.15) is 0 Å². The number of rotatable bonds is 4. The zero-order valence-corrected chi connectivity index (χ0v) is 11.4. The molecule has 1 saturated heterocycles. The average Bonchev–Trinajstić information content (AvgIpc) is 2.90. The molecule has 19 heavy (non-hydrogen) atoms. The molecule has 5 nitrogen and oxygen atoms in total. The summed E-state index contributed by atoms with van der Waals surface area (Å²) in [6.07, 6.45) is 7.06. The molecular formula is C14H22N2O3. The summed E-state index contributed by atoms with van der Waals surface area (Å²) in [5.74, 6) is -0.182. The van der Waals surface area contributed by atoms with Crippen molar-refractivity contribution in [2.75, 3.05) is 26.2 Å². The van der Waals surface area contributed by atoms with E-state index in [2.05, 4.69) is 12.2 Å². The van der Waals surface area contributed by atoms with E-state index >= 15 is 0 Å². The van der Waals surface area contributed by atoms with Crippen molar-refractivity contribution in [2.45, 2.75) is 32.2 Å². The Morgan fingerprint density at radius 3 is 2.53 bits per heavy atom. The minimum atomic E-state index is -0.795. The summed E-state index contributed by atoms with van der Waals surface area (Å²) in [6.45, 7) is 4.29. The molecule has 1 fully saturated rings. The maximum absolute atomic E-state index is 12.1. The van der Waals surface area contributed by atoms with E-state index in [0.29, 0.717) is 38.5 Å². The molecule has 1 N–H and O–H groups in total. The van der Waals surface area contributed by atoms with Crippen molar-refractivity contribution in [1.29, 1.82) is 0 Å². The van der Waals surface area contributed by atoms with Gasteiger partial charge in [-0.25, -0.2) is 0 Å². The molecule has 0 radical (unpaired) electrons. The number of carbonyl (C=O) groups excluding carboxylic acids is 1. The van der Waals surface area contributed by atoms with Crippen LogP contribution in [0.25, 0.3) is 0 Å². The zero-order chi connectivity index (χ0) is 13.8. The molecule has 5 heteroatoms. The predicted molar refractivity (Wildman–Crippen MR) is 71.7 cm³/mol. The first-order valence-electron chi connectivity index (χ1n) is 6.99. The number of carboxylic acid groups (broad SMARTS) is 1. The summed E-state index contributed by atoms with van der Waals surface area (Å²) < 4.78 is 0. The standard InChI is InChI=1S/C14H22N2O3/c1-11(14(18)19)15-6-8-16(9-7-15)13(17)10-12-4-2-3-5-12/h2,4,11-12H,3,5-10H2,1H3,(H,18,19). The number of allylic oxidation sites excluding steroid dienone is 2. The third kappa shape index (κ3) is 3.56. The first-order chi connectivity index (χ1) is 9.08. The fraction of sp³-hybridized carbons (Fsp3) is 0.714. The second-order valence-electron chi connectivity index (χ2n) is 5.40. The van der Waals surface area contributed by atoms with E-state index in [1.165, 1.54) is 0 Å². The van der Waals surface area contributed by atoms with E-state index in [9.17, 15) is 9.59 Å². The van der Waals surface area contributed by atoms with Crippen LogP contribution in [-0.2, 0) is 9.59 Å². The molecule has 0 spiro atoms. The molecule has 1 heterocycles. The fourth-order valence-corrected chi connectivity index (χ4v) is 2.73. The highest BCUT2D eigenvalue weighted by Crippen LogP contribution is 2.21. The SMILES string of the molecule is CC(C(=O)O)N1CCN(C(=O)CC2C=CCC2)CC1. The van der Waals surface area contributed by atoms with Crippen molar-refractivity contribution in [3.05, 3.63) is 12.2 Å². The number of nitrogens with zero attached hydrogens (tertiary/aromatic N) is 2. The van der Waals surface area contributed by atoms with Gasteiger partial charge < -0.3 is 10.0 Å². The Morgan fingerprint density at radius 1 is 1.32 bits per heavy atom. The van der Waals surface area contributed by atoms with Crippen LogP contribution in [0.2, 0.25) is 0 Å². The van der Waals surface area contributed by atoms with Crippen LogP contribution in [-0.4, -0.2) is 59.0 Å². The maximum Gasteiger partial charge on any atom is 0.320 e. The zero-order valence-electron chi connectivity index (χ0n) is 11.4. The van der Waals surface area contributed by atoms with E-state index in [4.69, 9.17) is 5.11 Å². The molecule has 0 saturated carbocycles. The van der Waals surface area contributed by atoms with Gasteiger partial charge in [0.1, 0.15) is 6.04 Å². The number of piperazine rings is 1. The van der Waals surface area contributed by atoms with E-state index in [1.807, 2.05) is 9.80 Å². The highest BCUT2D eigenvalue weighted by molar-refractivity contribution is 5.77. The quantitative estimate of drug-likeness (QED) is 0.770.